The smallest absolute Gasteiger partial charge is 0.336 e. The van der Waals surface area contributed by atoms with E-state index in [2.05, 4.69) is 4.99 Å². The van der Waals surface area contributed by atoms with Gasteiger partial charge in [-0.25, -0.2) is 4.79 Å². The molecule has 0 fully saturated rings. The number of carboxylic acid groups (broad SMARTS) is 1. The molecule has 0 radical (unpaired) electrons. The molecule has 1 N–H and O–H groups in total. The van der Waals surface area contributed by atoms with Crippen LogP contribution in [0.2, 0.25) is 0 Å². The summed E-state index contributed by atoms with van der Waals surface area (Å²) in [6.07, 6.45) is 2.80. The van der Waals surface area contributed by atoms with Crippen LogP contribution in [-0.4, -0.2) is 24.3 Å². The first kappa shape index (κ1) is 7.88. The van der Waals surface area contributed by atoms with Crippen molar-refractivity contribution in [2.45, 2.75) is 6.92 Å². The number of aliphatic carboxylic acids is 1. The molecule has 3 nitrogen and oxygen atoms in total. The fourth-order valence-corrected chi connectivity index (χ4v) is 0.392. The molecule has 0 unspecified atom stereocenters. The summed E-state index contributed by atoms with van der Waals surface area (Å²) in [7, 11) is 1.53. The molecule has 0 aliphatic heterocycles. The van der Waals surface area contributed by atoms with Crippen molar-refractivity contribution in [1.82, 2.24) is 0 Å². The van der Waals surface area contributed by atoms with Crippen LogP contribution in [0.5, 0.6) is 0 Å². The van der Waals surface area contributed by atoms with Crippen LogP contribution in [0.25, 0.3) is 0 Å². The summed E-state index contributed by atoms with van der Waals surface area (Å²) in [6.45, 7) is 1.66. The summed E-state index contributed by atoms with van der Waals surface area (Å²) in [6, 6.07) is 0. The van der Waals surface area contributed by atoms with Crippen molar-refractivity contribution in [3.63, 3.8) is 0 Å². The Labute approximate surface area is 53.7 Å². The van der Waals surface area contributed by atoms with E-state index in [0.29, 0.717) is 0 Å². The molecule has 50 valence electrons. The minimum atomic E-state index is -0.942. The Morgan fingerprint density at radius 3 is 2.33 bits per heavy atom. The van der Waals surface area contributed by atoms with Gasteiger partial charge in [0.1, 0.15) is 0 Å². The number of hydrogen-bond acceptors (Lipinski definition) is 2. The first-order valence-corrected chi connectivity index (χ1v) is 2.54. The molecule has 0 aliphatic carbocycles. The Kier molecular flexibility index (Phi) is 3.35. The third-order valence-corrected chi connectivity index (χ3v) is 0.826. The lowest BCUT2D eigenvalue weighted by molar-refractivity contribution is -0.132. The molecule has 0 amide bonds. The van der Waals surface area contributed by atoms with E-state index in [0.717, 1.165) is 0 Å². The van der Waals surface area contributed by atoms with Gasteiger partial charge in [0.05, 0.1) is 5.57 Å². The highest BCUT2D eigenvalue weighted by Gasteiger charge is 1.98. The number of carbonyl (C=O) groups is 1. The van der Waals surface area contributed by atoms with Crippen LogP contribution < -0.4 is 0 Å². The summed E-state index contributed by atoms with van der Waals surface area (Å²) in [5.74, 6) is -0.942. The van der Waals surface area contributed by atoms with Gasteiger partial charge in [-0.3, -0.25) is 4.99 Å². The average molecular weight is 127 g/mol. The van der Waals surface area contributed by atoms with E-state index < -0.39 is 5.97 Å². The maximum atomic E-state index is 10.2. The van der Waals surface area contributed by atoms with Gasteiger partial charge < -0.3 is 5.11 Å². The molecular formula is C6H9NO2. The molecular weight excluding hydrogens is 118 g/mol. The summed E-state index contributed by atoms with van der Waals surface area (Å²) in [5, 5.41) is 8.34. The SMILES string of the molecule is C/C=C(\C=N/C)C(=O)O. The van der Waals surface area contributed by atoms with Crippen molar-refractivity contribution in [2.75, 3.05) is 7.05 Å². The number of rotatable bonds is 2. The van der Waals surface area contributed by atoms with Gasteiger partial charge in [0.25, 0.3) is 0 Å². The summed E-state index contributed by atoms with van der Waals surface area (Å²) in [4.78, 5) is 13.7. The monoisotopic (exact) mass is 127 g/mol. The molecule has 0 atom stereocenters. The van der Waals surface area contributed by atoms with Crippen molar-refractivity contribution in [3.8, 4) is 0 Å². The van der Waals surface area contributed by atoms with Crippen LogP contribution in [0.15, 0.2) is 16.6 Å². The second kappa shape index (κ2) is 3.83. The van der Waals surface area contributed by atoms with Gasteiger partial charge >= 0.3 is 5.97 Å². The van der Waals surface area contributed by atoms with Crippen LogP contribution in [0.3, 0.4) is 0 Å². The minimum Gasteiger partial charge on any atom is -0.478 e. The van der Waals surface area contributed by atoms with Crippen LogP contribution in [0, 0.1) is 0 Å². The third kappa shape index (κ3) is 2.64. The lowest BCUT2D eigenvalue weighted by Gasteiger charge is -1.87. The fourth-order valence-electron chi connectivity index (χ4n) is 0.392. The topological polar surface area (TPSA) is 49.7 Å². The van der Waals surface area contributed by atoms with Gasteiger partial charge in [0.15, 0.2) is 0 Å². The number of hydrogen-bond donors (Lipinski definition) is 1. The normalized spacial score (nSPS) is 12.4. The Morgan fingerprint density at radius 1 is 1.67 bits per heavy atom. The van der Waals surface area contributed by atoms with Gasteiger partial charge in [-0.1, -0.05) is 6.08 Å². The highest BCUT2D eigenvalue weighted by atomic mass is 16.4. The molecule has 0 aliphatic rings. The van der Waals surface area contributed by atoms with E-state index >= 15 is 0 Å². The van der Waals surface area contributed by atoms with Crippen LogP contribution in [0.1, 0.15) is 6.92 Å². The van der Waals surface area contributed by atoms with E-state index in [1.807, 2.05) is 0 Å². The molecule has 0 spiro atoms. The highest BCUT2D eigenvalue weighted by molar-refractivity contribution is 6.08. The molecule has 0 saturated carbocycles. The lowest BCUT2D eigenvalue weighted by atomic mass is 10.3. The molecule has 0 bridgehead atoms. The van der Waals surface area contributed by atoms with E-state index in [-0.39, 0.29) is 5.57 Å². The van der Waals surface area contributed by atoms with Gasteiger partial charge in [0.2, 0.25) is 0 Å². The summed E-state index contributed by atoms with van der Waals surface area (Å²) in [5.41, 5.74) is 0.220. The predicted molar refractivity (Wildman–Crippen MR) is 35.8 cm³/mol. The van der Waals surface area contributed by atoms with Gasteiger partial charge in [-0.2, -0.15) is 0 Å². The van der Waals surface area contributed by atoms with Gasteiger partial charge in [0, 0.05) is 13.3 Å². The van der Waals surface area contributed by atoms with Crippen molar-refractivity contribution in [3.05, 3.63) is 11.6 Å². The van der Waals surface area contributed by atoms with Crippen LogP contribution in [-0.2, 0) is 4.79 Å². The molecule has 0 aromatic carbocycles. The maximum Gasteiger partial charge on any atom is 0.336 e. The number of allylic oxidation sites excluding steroid dienone is 1. The molecule has 3 heteroatoms. The van der Waals surface area contributed by atoms with Gasteiger partial charge in [-0.05, 0) is 6.92 Å². The van der Waals surface area contributed by atoms with Crippen molar-refractivity contribution in [1.29, 1.82) is 0 Å². The Hall–Kier alpha value is -1.12. The first-order valence-electron chi connectivity index (χ1n) is 2.54. The Balaban J connectivity index is 4.19. The zero-order valence-corrected chi connectivity index (χ0v) is 5.46. The molecule has 0 saturated heterocycles. The molecule has 9 heavy (non-hydrogen) atoms. The average Bonchev–Trinajstić information content (AvgIpc) is 1.82. The first-order chi connectivity index (χ1) is 4.22. The number of carboxylic acids is 1. The second-order valence-corrected chi connectivity index (χ2v) is 1.44. The summed E-state index contributed by atoms with van der Waals surface area (Å²) < 4.78 is 0. The minimum absolute atomic E-state index is 0.220. The third-order valence-electron chi connectivity index (χ3n) is 0.826. The maximum absolute atomic E-state index is 10.2. The Morgan fingerprint density at radius 2 is 2.22 bits per heavy atom. The van der Waals surface area contributed by atoms with E-state index in [9.17, 15) is 4.79 Å². The number of aliphatic imine (C=N–C) groups is 1. The second-order valence-electron chi connectivity index (χ2n) is 1.44. The summed E-state index contributed by atoms with van der Waals surface area (Å²) >= 11 is 0. The zero-order chi connectivity index (χ0) is 7.28. The number of nitrogens with zero attached hydrogens (tertiary/aromatic N) is 1. The van der Waals surface area contributed by atoms with Crippen molar-refractivity contribution in [2.24, 2.45) is 4.99 Å². The van der Waals surface area contributed by atoms with Crippen molar-refractivity contribution < 1.29 is 9.90 Å². The van der Waals surface area contributed by atoms with E-state index in [1.165, 1.54) is 19.3 Å². The predicted octanol–water partition coefficient (Wildman–Crippen LogP) is 0.718. The quantitative estimate of drug-likeness (QED) is 0.439. The van der Waals surface area contributed by atoms with Crippen molar-refractivity contribution >= 4 is 12.2 Å². The largest absolute Gasteiger partial charge is 0.478 e. The molecule has 0 aromatic rings. The fraction of sp³-hybridized carbons (Fsp3) is 0.333. The highest BCUT2D eigenvalue weighted by Crippen LogP contribution is 1.87. The van der Waals surface area contributed by atoms with Crippen LogP contribution in [0.4, 0.5) is 0 Å². The molecule has 0 heterocycles. The molecule has 0 aromatic heterocycles. The van der Waals surface area contributed by atoms with Crippen LogP contribution >= 0.6 is 0 Å². The standard InChI is InChI=1S/C6H9NO2/c1-3-5(4-7-2)6(8)9/h3-4H,1-2H3,(H,8,9)/b5-3+,7-4-. The molecule has 0 rings (SSSR count). The van der Waals surface area contributed by atoms with E-state index in [4.69, 9.17) is 5.11 Å². The van der Waals surface area contributed by atoms with Gasteiger partial charge in [-0.15, -0.1) is 0 Å². The Bertz CT molecular complexity index is 158. The zero-order valence-electron chi connectivity index (χ0n) is 5.46. The van der Waals surface area contributed by atoms with E-state index in [1.54, 1.807) is 6.92 Å². The lowest BCUT2D eigenvalue weighted by Crippen LogP contribution is -2.00.